The van der Waals surface area contributed by atoms with Crippen molar-refractivity contribution in [1.29, 1.82) is 0 Å². The maximum Gasteiger partial charge on any atom is 0.162 e. The summed E-state index contributed by atoms with van der Waals surface area (Å²) >= 11 is 12.2. The monoisotopic (exact) mass is 325 g/mol. The normalized spacial score (nSPS) is 11.9. The van der Waals surface area contributed by atoms with Crippen molar-refractivity contribution in [1.82, 2.24) is 0 Å². The molecule has 5 heteroatoms. The summed E-state index contributed by atoms with van der Waals surface area (Å²) in [6.45, 7) is 2.05. The van der Waals surface area contributed by atoms with Gasteiger partial charge in [-0.15, -0.1) is 0 Å². The molecule has 1 unspecified atom stereocenters. The molecule has 21 heavy (non-hydrogen) atoms. The van der Waals surface area contributed by atoms with E-state index in [9.17, 15) is 0 Å². The number of methoxy groups -OCH3 is 2. The molecule has 0 aliphatic carbocycles. The van der Waals surface area contributed by atoms with Crippen LogP contribution < -0.4 is 14.8 Å². The molecule has 112 valence electrons. The Morgan fingerprint density at radius 2 is 1.52 bits per heavy atom. The zero-order valence-corrected chi connectivity index (χ0v) is 13.6. The molecule has 0 aliphatic heterocycles. The third-order valence-electron chi connectivity index (χ3n) is 3.22. The molecule has 0 amide bonds. The number of rotatable bonds is 5. The number of hydrogen-bond acceptors (Lipinski definition) is 3. The van der Waals surface area contributed by atoms with Crippen LogP contribution in [0.2, 0.25) is 10.0 Å². The Kier molecular flexibility index (Phi) is 5.21. The lowest BCUT2D eigenvalue weighted by molar-refractivity contribution is 0.355. The van der Waals surface area contributed by atoms with E-state index < -0.39 is 0 Å². The zero-order chi connectivity index (χ0) is 15.4. The quantitative estimate of drug-likeness (QED) is 0.821. The molecule has 2 aromatic rings. The average molecular weight is 326 g/mol. The topological polar surface area (TPSA) is 30.5 Å². The SMILES string of the molecule is COc1cc(Cl)c(NC(C)c2ccc(Cl)cc2)cc1OC. The van der Waals surface area contributed by atoms with Gasteiger partial charge in [-0.05, 0) is 24.6 Å². The number of benzene rings is 2. The number of ether oxygens (including phenoxy) is 2. The second-order valence-corrected chi connectivity index (χ2v) is 5.45. The van der Waals surface area contributed by atoms with Crippen LogP contribution in [0, 0.1) is 0 Å². The molecule has 0 saturated carbocycles. The smallest absolute Gasteiger partial charge is 0.162 e. The van der Waals surface area contributed by atoms with Gasteiger partial charge in [-0.25, -0.2) is 0 Å². The highest BCUT2D eigenvalue weighted by Gasteiger charge is 2.12. The van der Waals surface area contributed by atoms with Crippen molar-refractivity contribution >= 4 is 28.9 Å². The highest BCUT2D eigenvalue weighted by molar-refractivity contribution is 6.33. The van der Waals surface area contributed by atoms with Gasteiger partial charge in [0.25, 0.3) is 0 Å². The van der Waals surface area contributed by atoms with E-state index in [1.807, 2.05) is 30.3 Å². The molecule has 0 bridgehead atoms. The van der Waals surface area contributed by atoms with Gasteiger partial charge in [0.05, 0.1) is 24.9 Å². The second kappa shape index (κ2) is 6.92. The van der Waals surface area contributed by atoms with Gasteiger partial charge in [0.15, 0.2) is 11.5 Å². The predicted octanol–water partition coefficient (Wildman–Crippen LogP) is 5.18. The molecule has 0 heterocycles. The Labute approximate surface area is 134 Å². The van der Waals surface area contributed by atoms with E-state index in [-0.39, 0.29) is 6.04 Å². The van der Waals surface area contributed by atoms with Gasteiger partial charge in [-0.3, -0.25) is 0 Å². The Morgan fingerprint density at radius 3 is 2.10 bits per heavy atom. The second-order valence-electron chi connectivity index (χ2n) is 4.60. The van der Waals surface area contributed by atoms with Crippen LogP contribution in [0.4, 0.5) is 5.69 Å². The van der Waals surface area contributed by atoms with Crippen molar-refractivity contribution in [3.05, 3.63) is 52.0 Å². The first-order valence-corrected chi connectivity index (χ1v) is 7.24. The van der Waals surface area contributed by atoms with Gasteiger partial charge < -0.3 is 14.8 Å². The van der Waals surface area contributed by atoms with Crippen molar-refractivity contribution in [2.45, 2.75) is 13.0 Å². The largest absolute Gasteiger partial charge is 0.493 e. The van der Waals surface area contributed by atoms with Crippen LogP contribution in [0.5, 0.6) is 11.5 Å². The van der Waals surface area contributed by atoms with Crippen LogP contribution in [0.3, 0.4) is 0 Å². The van der Waals surface area contributed by atoms with E-state index in [4.69, 9.17) is 32.7 Å². The van der Waals surface area contributed by atoms with Crippen molar-refractivity contribution in [3.63, 3.8) is 0 Å². The lowest BCUT2D eigenvalue weighted by atomic mass is 10.1. The van der Waals surface area contributed by atoms with Gasteiger partial charge in [-0.2, -0.15) is 0 Å². The van der Waals surface area contributed by atoms with E-state index in [2.05, 4.69) is 12.2 Å². The summed E-state index contributed by atoms with van der Waals surface area (Å²) in [6, 6.07) is 11.3. The van der Waals surface area contributed by atoms with Gasteiger partial charge in [-0.1, -0.05) is 35.3 Å². The minimum atomic E-state index is 0.0814. The molecule has 0 saturated heterocycles. The predicted molar refractivity (Wildman–Crippen MR) is 88.0 cm³/mol. The van der Waals surface area contributed by atoms with E-state index in [1.54, 1.807) is 20.3 Å². The first-order valence-electron chi connectivity index (χ1n) is 6.48. The fourth-order valence-electron chi connectivity index (χ4n) is 2.03. The van der Waals surface area contributed by atoms with Gasteiger partial charge in [0, 0.05) is 23.2 Å². The third kappa shape index (κ3) is 3.74. The van der Waals surface area contributed by atoms with Crippen LogP contribution >= 0.6 is 23.2 Å². The van der Waals surface area contributed by atoms with E-state index in [1.165, 1.54) is 0 Å². The summed E-state index contributed by atoms with van der Waals surface area (Å²) in [6.07, 6.45) is 0. The van der Waals surface area contributed by atoms with Crippen LogP contribution in [0.15, 0.2) is 36.4 Å². The summed E-state index contributed by atoms with van der Waals surface area (Å²) in [5.74, 6) is 1.24. The molecule has 0 aromatic heterocycles. The first-order chi connectivity index (χ1) is 10.0. The Hall–Kier alpha value is -1.58. The van der Waals surface area contributed by atoms with Gasteiger partial charge >= 0.3 is 0 Å². The van der Waals surface area contributed by atoms with Gasteiger partial charge in [0.2, 0.25) is 0 Å². The summed E-state index contributed by atoms with van der Waals surface area (Å²) in [5, 5.41) is 4.66. The lowest BCUT2D eigenvalue weighted by Gasteiger charge is -2.18. The first kappa shape index (κ1) is 15.8. The zero-order valence-electron chi connectivity index (χ0n) is 12.1. The van der Waals surface area contributed by atoms with E-state index in [0.29, 0.717) is 16.5 Å². The standard InChI is InChI=1S/C16H17Cl2NO2/c1-10(11-4-6-12(17)7-5-11)19-14-9-16(21-3)15(20-2)8-13(14)18/h4-10,19H,1-3H3. The maximum absolute atomic E-state index is 6.27. The minimum absolute atomic E-state index is 0.0814. The van der Waals surface area contributed by atoms with Crippen LogP contribution in [0.1, 0.15) is 18.5 Å². The van der Waals surface area contributed by atoms with Crippen LogP contribution in [0.25, 0.3) is 0 Å². The van der Waals surface area contributed by atoms with Crippen molar-refractivity contribution in [3.8, 4) is 11.5 Å². The minimum Gasteiger partial charge on any atom is -0.493 e. The molecule has 0 aliphatic rings. The molecule has 0 radical (unpaired) electrons. The van der Waals surface area contributed by atoms with Crippen LogP contribution in [-0.2, 0) is 0 Å². The molecule has 3 nitrogen and oxygen atoms in total. The summed E-state index contributed by atoms with van der Waals surface area (Å²) < 4.78 is 10.5. The van der Waals surface area contributed by atoms with Crippen LogP contribution in [-0.4, -0.2) is 14.2 Å². The Morgan fingerprint density at radius 1 is 0.952 bits per heavy atom. The number of anilines is 1. The highest BCUT2D eigenvalue weighted by Crippen LogP contribution is 2.37. The number of hydrogen-bond donors (Lipinski definition) is 1. The van der Waals surface area contributed by atoms with Crippen molar-refractivity contribution in [2.24, 2.45) is 0 Å². The summed E-state index contributed by atoms with van der Waals surface area (Å²) in [5.41, 5.74) is 1.90. The summed E-state index contributed by atoms with van der Waals surface area (Å²) in [4.78, 5) is 0. The van der Waals surface area contributed by atoms with E-state index in [0.717, 1.165) is 16.3 Å². The molecule has 1 atom stereocenters. The highest BCUT2D eigenvalue weighted by atomic mass is 35.5. The van der Waals surface area contributed by atoms with Crippen molar-refractivity contribution in [2.75, 3.05) is 19.5 Å². The third-order valence-corrected chi connectivity index (χ3v) is 3.78. The lowest BCUT2D eigenvalue weighted by Crippen LogP contribution is -2.07. The fraction of sp³-hybridized carbons (Fsp3) is 0.250. The average Bonchev–Trinajstić information content (AvgIpc) is 2.49. The molecule has 0 spiro atoms. The Bertz CT molecular complexity index is 614. The molecule has 1 N–H and O–H groups in total. The molecule has 0 fully saturated rings. The summed E-state index contributed by atoms with van der Waals surface area (Å²) in [7, 11) is 3.18. The molecular weight excluding hydrogens is 309 g/mol. The fourth-order valence-corrected chi connectivity index (χ4v) is 2.37. The Balaban J connectivity index is 2.24. The van der Waals surface area contributed by atoms with E-state index >= 15 is 0 Å². The molecule has 2 aromatic carbocycles. The number of halogens is 2. The number of nitrogens with one attached hydrogen (secondary N) is 1. The molecular formula is C16H17Cl2NO2. The maximum atomic E-state index is 6.27. The van der Waals surface area contributed by atoms with Crippen molar-refractivity contribution < 1.29 is 9.47 Å². The molecule has 2 rings (SSSR count). The van der Waals surface area contributed by atoms with Gasteiger partial charge in [0.1, 0.15) is 0 Å².